The van der Waals surface area contributed by atoms with Crippen LogP contribution in [0.25, 0.3) is 10.8 Å². The van der Waals surface area contributed by atoms with E-state index in [2.05, 4.69) is 26.5 Å². The van der Waals surface area contributed by atoms with Crippen LogP contribution in [-0.4, -0.2) is 40.9 Å². The quantitative estimate of drug-likeness (QED) is 0.302. The molecule has 0 radical (unpaired) electrons. The number of carbonyl (C=O) groups excluding carboxylic acids is 2. The molecule has 194 valence electrons. The number of nitrogens with zero attached hydrogens (tertiary/aromatic N) is 3. The molecule has 0 bridgehead atoms. The van der Waals surface area contributed by atoms with Crippen LogP contribution in [0.1, 0.15) is 12.0 Å². The number of ether oxygens (including phenoxy) is 1. The summed E-state index contributed by atoms with van der Waals surface area (Å²) < 4.78 is 7.30. The number of carbonyl (C=O) groups is 2. The number of hydrazine groups is 1. The number of benzene rings is 3. The zero-order chi connectivity index (χ0) is 26.2. The van der Waals surface area contributed by atoms with E-state index >= 15 is 0 Å². The zero-order valence-corrected chi connectivity index (χ0v) is 21.3. The lowest BCUT2D eigenvalue weighted by atomic mass is 10.0. The summed E-state index contributed by atoms with van der Waals surface area (Å²) in [6.07, 6.45) is -1.01. The molecule has 1 aromatic heterocycles. The smallest absolute Gasteiger partial charge is 0.263 e. The van der Waals surface area contributed by atoms with Crippen molar-refractivity contribution in [2.45, 2.75) is 19.4 Å². The molecule has 0 saturated carbocycles. The minimum absolute atomic E-state index is 0.118. The normalized spacial score (nSPS) is 20.7. The van der Waals surface area contributed by atoms with Crippen molar-refractivity contribution < 1.29 is 14.3 Å². The standard InChI is InChI=1S/C27H26ClN7O3/c1-16-12-23(30-24(36)15-38-21-11-6-17-4-2-3-5-18(17)13-21)35(33-16)27-31-25-22(26(37)32-27)14-29-34(25)20-9-7-19(28)8-10-20/h2-13,22,25,27,29,31H,14-15H2,1H3,(H,30,36)(H,32,37). The van der Waals surface area contributed by atoms with E-state index in [0.717, 1.165) is 16.5 Å². The SMILES string of the molecule is Cc1cc(NC(=O)COc2ccc3ccccc3c2)n(C2NC(=O)C3CNN(c4ccc(Cl)cc4)C3N2)n1. The predicted octanol–water partition coefficient (Wildman–Crippen LogP) is 3.16. The number of nitrogens with one attached hydrogen (secondary N) is 4. The third-order valence-electron chi connectivity index (χ3n) is 6.65. The molecule has 2 aliphatic rings. The lowest BCUT2D eigenvalue weighted by molar-refractivity contribution is -0.129. The van der Waals surface area contributed by atoms with Crippen molar-refractivity contribution in [3.05, 3.63) is 83.5 Å². The number of hydrogen-bond acceptors (Lipinski definition) is 7. The fourth-order valence-corrected chi connectivity index (χ4v) is 4.96. The Morgan fingerprint density at radius 2 is 1.89 bits per heavy atom. The van der Waals surface area contributed by atoms with Crippen molar-refractivity contribution in [1.29, 1.82) is 0 Å². The summed E-state index contributed by atoms with van der Waals surface area (Å²) in [5.74, 6) is 0.270. The molecule has 2 saturated heterocycles. The van der Waals surface area contributed by atoms with Gasteiger partial charge in [0.25, 0.3) is 5.91 Å². The average molecular weight is 532 g/mol. The molecule has 4 aromatic rings. The van der Waals surface area contributed by atoms with Crippen molar-refractivity contribution in [3.8, 4) is 5.75 Å². The number of fused-ring (bicyclic) bond motifs is 2. The van der Waals surface area contributed by atoms with E-state index in [-0.39, 0.29) is 30.5 Å². The van der Waals surface area contributed by atoms with Gasteiger partial charge in [-0.05, 0) is 54.1 Å². The summed E-state index contributed by atoms with van der Waals surface area (Å²) >= 11 is 6.05. The van der Waals surface area contributed by atoms with E-state index in [1.54, 1.807) is 22.9 Å². The summed E-state index contributed by atoms with van der Waals surface area (Å²) in [6, 6.07) is 22.8. The van der Waals surface area contributed by atoms with Gasteiger partial charge in [-0.25, -0.2) is 10.1 Å². The molecule has 11 heteroatoms. The Morgan fingerprint density at radius 1 is 1.11 bits per heavy atom. The lowest BCUT2D eigenvalue weighted by Gasteiger charge is -2.37. The maximum absolute atomic E-state index is 13.0. The topological polar surface area (TPSA) is 113 Å². The minimum atomic E-state index is -0.677. The molecule has 3 unspecified atom stereocenters. The first kappa shape index (κ1) is 24.2. The number of anilines is 2. The van der Waals surface area contributed by atoms with E-state index < -0.39 is 6.29 Å². The van der Waals surface area contributed by atoms with Crippen molar-refractivity contribution in [1.82, 2.24) is 25.8 Å². The van der Waals surface area contributed by atoms with Crippen molar-refractivity contribution >= 4 is 45.7 Å². The van der Waals surface area contributed by atoms with Gasteiger partial charge in [-0.1, -0.05) is 41.9 Å². The van der Waals surface area contributed by atoms with Crippen LogP contribution in [0.15, 0.2) is 72.8 Å². The Balaban J connectivity index is 1.15. The molecule has 4 N–H and O–H groups in total. The highest BCUT2D eigenvalue weighted by Gasteiger charge is 2.45. The second-order valence-corrected chi connectivity index (χ2v) is 9.74. The maximum Gasteiger partial charge on any atom is 0.263 e. The van der Waals surface area contributed by atoms with Crippen LogP contribution in [-0.2, 0) is 9.59 Å². The maximum atomic E-state index is 13.0. The first-order valence-corrected chi connectivity index (χ1v) is 12.6. The van der Waals surface area contributed by atoms with Crippen LogP contribution < -0.4 is 31.1 Å². The van der Waals surface area contributed by atoms with Crippen LogP contribution in [0.4, 0.5) is 11.5 Å². The first-order chi connectivity index (χ1) is 18.4. The number of amides is 2. The molecule has 2 fully saturated rings. The largest absolute Gasteiger partial charge is 0.484 e. The van der Waals surface area contributed by atoms with Crippen LogP contribution in [0.3, 0.4) is 0 Å². The first-order valence-electron chi connectivity index (χ1n) is 12.3. The van der Waals surface area contributed by atoms with Gasteiger partial charge in [-0.2, -0.15) is 5.10 Å². The fraction of sp³-hybridized carbons (Fsp3) is 0.222. The Bertz CT molecular complexity index is 1510. The number of aromatic nitrogens is 2. The minimum Gasteiger partial charge on any atom is -0.484 e. The molecule has 6 rings (SSSR count). The Kier molecular flexibility index (Phi) is 6.36. The summed E-state index contributed by atoms with van der Waals surface area (Å²) in [6.45, 7) is 2.13. The van der Waals surface area contributed by atoms with E-state index in [4.69, 9.17) is 16.3 Å². The third kappa shape index (κ3) is 4.76. The van der Waals surface area contributed by atoms with Crippen LogP contribution in [0.5, 0.6) is 5.75 Å². The molecule has 0 aliphatic carbocycles. The lowest BCUT2D eigenvalue weighted by Crippen LogP contribution is -2.61. The molecule has 2 aliphatic heterocycles. The second-order valence-electron chi connectivity index (χ2n) is 9.30. The van der Waals surface area contributed by atoms with Gasteiger partial charge < -0.3 is 15.4 Å². The number of halogens is 1. The van der Waals surface area contributed by atoms with Gasteiger partial charge in [0.2, 0.25) is 5.91 Å². The van der Waals surface area contributed by atoms with E-state index in [1.807, 2.05) is 66.5 Å². The van der Waals surface area contributed by atoms with Gasteiger partial charge in [0, 0.05) is 17.6 Å². The van der Waals surface area contributed by atoms with E-state index in [9.17, 15) is 9.59 Å². The molecule has 3 heterocycles. The van der Waals surface area contributed by atoms with Crippen molar-refractivity contribution in [2.24, 2.45) is 5.92 Å². The molecular weight excluding hydrogens is 506 g/mol. The van der Waals surface area contributed by atoms with Gasteiger partial charge in [0.15, 0.2) is 12.9 Å². The van der Waals surface area contributed by atoms with Gasteiger partial charge in [-0.3, -0.25) is 19.9 Å². The molecule has 3 aromatic carbocycles. The van der Waals surface area contributed by atoms with Gasteiger partial charge >= 0.3 is 0 Å². The molecule has 2 amide bonds. The van der Waals surface area contributed by atoms with Crippen LogP contribution >= 0.6 is 11.6 Å². The third-order valence-corrected chi connectivity index (χ3v) is 6.90. The monoisotopic (exact) mass is 531 g/mol. The molecular formula is C27H26ClN7O3. The summed E-state index contributed by atoms with van der Waals surface area (Å²) in [4.78, 5) is 25.8. The molecule has 38 heavy (non-hydrogen) atoms. The molecule has 3 atom stereocenters. The fourth-order valence-electron chi connectivity index (χ4n) is 4.84. The average Bonchev–Trinajstić information content (AvgIpc) is 3.51. The summed E-state index contributed by atoms with van der Waals surface area (Å²) in [7, 11) is 0. The second kappa shape index (κ2) is 9.97. The summed E-state index contributed by atoms with van der Waals surface area (Å²) in [5.41, 5.74) is 4.85. The highest BCUT2D eigenvalue weighted by molar-refractivity contribution is 6.30. The Labute approximate surface area is 223 Å². The van der Waals surface area contributed by atoms with Crippen molar-refractivity contribution in [2.75, 3.05) is 23.5 Å². The van der Waals surface area contributed by atoms with Gasteiger partial charge in [0.1, 0.15) is 17.7 Å². The molecule has 10 nitrogen and oxygen atoms in total. The number of hydrogen-bond donors (Lipinski definition) is 4. The zero-order valence-electron chi connectivity index (χ0n) is 20.5. The van der Waals surface area contributed by atoms with Crippen molar-refractivity contribution in [3.63, 3.8) is 0 Å². The summed E-state index contributed by atoms with van der Waals surface area (Å²) in [5, 5.41) is 18.5. The van der Waals surface area contributed by atoms with Crippen LogP contribution in [0.2, 0.25) is 5.02 Å². The van der Waals surface area contributed by atoms with Gasteiger partial charge in [0.05, 0.1) is 17.3 Å². The molecule has 0 spiro atoms. The highest BCUT2D eigenvalue weighted by Crippen LogP contribution is 2.29. The Hall–Kier alpha value is -4.12. The van der Waals surface area contributed by atoms with Gasteiger partial charge in [-0.15, -0.1) is 0 Å². The predicted molar refractivity (Wildman–Crippen MR) is 145 cm³/mol. The van der Waals surface area contributed by atoms with E-state index in [0.29, 0.717) is 28.8 Å². The number of rotatable bonds is 6. The van der Waals surface area contributed by atoms with Crippen LogP contribution in [0, 0.1) is 12.8 Å². The number of aryl methyl sites for hydroxylation is 1. The Morgan fingerprint density at radius 3 is 2.71 bits per heavy atom. The highest BCUT2D eigenvalue weighted by atomic mass is 35.5. The van der Waals surface area contributed by atoms with E-state index in [1.165, 1.54) is 0 Å².